The first-order valence-electron chi connectivity index (χ1n) is 14.3. The predicted molar refractivity (Wildman–Crippen MR) is 154 cm³/mol. The van der Waals surface area contributed by atoms with Crippen LogP contribution in [0.1, 0.15) is 74.6 Å². The van der Waals surface area contributed by atoms with E-state index in [4.69, 9.17) is 14.2 Å². The number of esters is 2. The summed E-state index contributed by atoms with van der Waals surface area (Å²) in [6.07, 6.45) is -1.01. The maximum Gasteiger partial charge on any atom is 0.338 e. The Kier molecular flexibility index (Phi) is 7.10. The number of ether oxygens (including phenoxy) is 3. The van der Waals surface area contributed by atoms with Crippen molar-refractivity contribution in [3.63, 3.8) is 0 Å². The van der Waals surface area contributed by atoms with Crippen LogP contribution in [0.4, 0.5) is 0 Å². The molecule has 3 fully saturated rings. The standard InChI is InChI=1S/C34H38O8/c1-7-31(4)20-24(36)34(39)32(5)23(35)18-19-30(2,3)26(32)25(40-28(37)21-14-10-8-11-15-21)27(33(34,6)42-31)41-29(38)22-16-12-9-13-17-22/h7-17,25-27,39H,1,18-20H2,2-6H3/t25-,26-,27-,31-,32-,33+,34-/m0/s1. The van der Waals surface area contributed by atoms with Gasteiger partial charge in [0.25, 0.3) is 0 Å². The highest BCUT2D eigenvalue weighted by atomic mass is 16.6. The van der Waals surface area contributed by atoms with Crippen molar-refractivity contribution in [3.8, 4) is 0 Å². The van der Waals surface area contributed by atoms with Crippen molar-refractivity contribution < 1.29 is 38.5 Å². The van der Waals surface area contributed by atoms with Crippen LogP contribution in [0.15, 0.2) is 73.3 Å². The molecule has 1 aliphatic heterocycles. The lowest BCUT2D eigenvalue weighted by atomic mass is 9.40. The minimum absolute atomic E-state index is 0.109. The molecule has 2 saturated carbocycles. The first-order chi connectivity index (χ1) is 19.6. The van der Waals surface area contributed by atoms with Gasteiger partial charge in [-0.25, -0.2) is 9.59 Å². The maximum atomic E-state index is 14.2. The molecule has 0 spiro atoms. The molecule has 0 aromatic heterocycles. The van der Waals surface area contributed by atoms with E-state index in [1.54, 1.807) is 74.5 Å². The zero-order valence-corrected chi connectivity index (χ0v) is 24.7. The number of carbonyl (C=O) groups is 4. The summed E-state index contributed by atoms with van der Waals surface area (Å²) in [7, 11) is 0. The number of hydrogen-bond acceptors (Lipinski definition) is 8. The van der Waals surface area contributed by atoms with E-state index in [0.717, 1.165) is 0 Å². The van der Waals surface area contributed by atoms with E-state index in [0.29, 0.717) is 6.42 Å². The summed E-state index contributed by atoms with van der Waals surface area (Å²) in [6, 6.07) is 16.6. The fraction of sp³-hybridized carbons (Fsp3) is 0.471. The van der Waals surface area contributed by atoms with E-state index in [-0.39, 0.29) is 29.8 Å². The molecule has 0 bridgehead atoms. The van der Waals surface area contributed by atoms with Crippen molar-refractivity contribution in [1.29, 1.82) is 0 Å². The maximum absolute atomic E-state index is 14.2. The van der Waals surface area contributed by atoms with E-state index in [9.17, 15) is 24.3 Å². The predicted octanol–water partition coefficient (Wildman–Crippen LogP) is 4.89. The van der Waals surface area contributed by atoms with Crippen LogP contribution in [-0.4, -0.2) is 57.6 Å². The highest BCUT2D eigenvalue weighted by Crippen LogP contribution is 2.66. The van der Waals surface area contributed by atoms with E-state index in [1.807, 2.05) is 13.8 Å². The molecule has 0 radical (unpaired) electrons. The minimum atomic E-state index is -2.42. The molecule has 42 heavy (non-hydrogen) atoms. The Morgan fingerprint density at radius 2 is 1.40 bits per heavy atom. The fourth-order valence-electron chi connectivity index (χ4n) is 7.83. The molecule has 3 aliphatic rings. The molecule has 1 N–H and O–H groups in total. The summed E-state index contributed by atoms with van der Waals surface area (Å²) >= 11 is 0. The van der Waals surface area contributed by atoms with Crippen molar-refractivity contribution in [2.75, 3.05) is 0 Å². The first-order valence-corrected chi connectivity index (χ1v) is 14.3. The summed E-state index contributed by atoms with van der Waals surface area (Å²) < 4.78 is 19.0. The van der Waals surface area contributed by atoms with Crippen molar-refractivity contribution in [1.82, 2.24) is 0 Å². The normalized spacial score (nSPS) is 37.1. The van der Waals surface area contributed by atoms with E-state index >= 15 is 0 Å². The molecule has 222 valence electrons. The Balaban J connectivity index is 1.76. The van der Waals surface area contributed by atoms with Crippen molar-refractivity contribution in [2.45, 2.75) is 82.9 Å². The molecular formula is C34H38O8. The number of fused-ring (bicyclic) bond motifs is 3. The summed E-state index contributed by atoms with van der Waals surface area (Å²) in [6.45, 7) is 12.3. The molecule has 1 heterocycles. The zero-order valence-electron chi connectivity index (χ0n) is 24.7. The number of carbonyl (C=O) groups excluding carboxylic acids is 4. The molecule has 2 aliphatic carbocycles. The van der Waals surface area contributed by atoms with Crippen LogP contribution < -0.4 is 0 Å². The third kappa shape index (κ3) is 4.18. The van der Waals surface area contributed by atoms with Crippen LogP contribution in [-0.2, 0) is 23.8 Å². The molecule has 7 atom stereocenters. The smallest absolute Gasteiger partial charge is 0.338 e. The van der Waals surface area contributed by atoms with Crippen LogP contribution in [0.25, 0.3) is 0 Å². The van der Waals surface area contributed by atoms with Gasteiger partial charge in [-0.2, -0.15) is 0 Å². The largest absolute Gasteiger partial charge is 0.454 e. The molecule has 8 nitrogen and oxygen atoms in total. The molecule has 5 rings (SSSR count). The lowest BCUT2D eigenvalue weighted by Gasteiger charge is -2.69. The van der Waals surface area contributed by atoms with Gasteiger partial charge in [0, 0.05) is 18.8 Å². The van der Waals surface area contributed by atoms with E-state index in [2.05, 4.69) is 6.58 Å². The van der Waals surface area contributed by atoms with Gasteiger partial charge in [0.15, 0.2) is 17.5 Å². The summed E-state index contributed by atoms with van der Waals surface area (Å²) in [5.74, 6) is -3.32. The van der Waals surface area contributed by atoms with Crippen LogP contribution in [0, 0.1) is 16.7 Å². The fourth-order valence-corrected chi connectivity index (χ4v) is 7.83. The SMILES string of the molecule is C=C[C@@]1(C)CC(=O)[C@]2(O)[C@@]3(C)C(=O)CCC(C)(C)[C@@H]3[C@H](OC(=O)c3ccccc3)[C@H](OC(=O)c3ccccc3)[C@@]2(C)O1. The molecule has 0 amide bonds. The highest BCUT2D eigenvalue weighted by Gasteiger charge is 2.82. The van der Waals surface area contributed by atoms with Gasteiger partial charge in [-0.05, 0) is 56.9 Å². The Labute approximate surface area is 246 Å². The van der Waals surface area contributed by atoms with Crippen LogP contribution in [0.3, 0.4) is 0 Å². The second-order valence-corrected chi connectivity index (χ2v) is 13.1. The average molecular weight is 575 g/mol. The van der Waals surface area contributed by atoms with Crippen molar-refractivity contribution >= 4 is 23.5 Å². The average Bonchev–Trinajstić information content (AvgIpc) is 2.96. The van der Waals surface area contributed by atoms with Gasteiger partial charge in [-0.1, -0.05) is 56.3 Å². The highest BCUT2D eigenvalue weighted by molar-refractivity contribution is 6.01. The summed E-state index contributed by atoms with van der Waals surface area (Å²) in [5, 5.41) is 12.8. The quantitative estimate of drug-likeness (QED) is 0.397. The monoisotopic (exact) mass is 574 g/mol. The molecular weight excluding hydrogens is 536 g/mol. The molecule has 1 saturated heterocycles. The lowest BCUT2D eigenvalue weighted by Crippen LogP contribution is -2.86. The van der Waals surface area contributed by atoms with Crippen LogP contribution >= 0.6 is 0 Å². The summed E-state index contributed by atoms with van der Waals surface area (Å²) in [4.78, 5) is 55.5. The molecule has 2 aromatic rings. The van der Waals surface area contributed by atoms with Gasteiger partial charge < -0.3 is 19.3 Å². The van der Waals surface area contributed by atoms with Gasteiger partial charge >= 0.3 is 11.9 Å². The Hall–Kier alpha value is -3.62. The Morgan fingerprint density at radius 3 is 1.93 bits per heavy atom. The lowest BCUT2D eigenvalue weighted by molar-refractivity contribution is -0.344. The van der Waals surface area contributed by atoms with Gasteiger partial charge in [-0.15, -0.1) is 6.58 Å². The number of aliphatic hydroxyl groups is 1. The number of rotatable bonds is 5. The minimum Gasteiger partial charge on any atom is -0.454 e. The van der Waals surface area contributed by atoms with Crippen LogP contribution in [0.5, 0.6) is 0 Å². The second kappa shape index (κ2) is 9.99. The van der Waals surface area contributed by atoms with E-state index in [1.165, 1.54) is 13.0 Å². The molecule has 8 heteroatoms. The third-order valence-electron chi connectivity index (χ3n) is 9.97. The number of ketones is 2. The van der Waals surface area contributed by atoms with Gasteiger partial charge in [0.2, 0.25) is 0 Å². The first kappa shape index (κ1) is 29.9. The Bertz CT molecular complexity index is 1430. The Morgan fingerprint density at radius 1 is 0.881 bits per heavy atom. The topological polar surface area (TPSA) is 116 Å². The van der Waals surface area contributed by atoms with Gasteiger partial charge in [0.05, 0.1) is 22.1 Å². The van der Waals surface area contributed by atoms with Crippen molar-refractivity contribution in [2.24, 2.45) is 16.7 Å². The van der Waals surface area contributed by atoms with Crippen LogP contribution in [0.2, 0.25) is 0 Å². The molecule has 0 unspecified atom stereocenters. The summed E-state index contributed by atoms with van der Waals surface area (Å²) in [5.41, 5.74) is -7.67. The number of Topliss-reactive ketones (excluding diaryl/α,β-unsaturated/α-hetero) is 2. The number of hydrogen-bond donors (Lipinski definition) is 1. The van der Waals surface area contributed by atoms with Crippen molar-refractivity contribution in [3.05, 3.63) is 84.4 Å². The van der Waals surface area contributed by atoms with Gasteiger partial charge in [-0.3, -0.25) is 9.59 Å². The molecule has 2 aromatic carbocycles. The van der Waals surface area contributed by atoms with E-state index < -0.39 is 63.5 Å². The second-order valence-electron chi connectivity index (χ2n) is 13.1. The van der Waals surface area contributed by atoms with Gasteiger partial charge in [0.1, 0.15) is 17.5 Å². The third-order valence-corrected chi connectivity index (χ3v) is 9.97. The zero-order chi connectivity index (χ0) is 30.7. The number of benzene rings is 2.